The number of aromatic nitrogens is 2. The quantitative estimate of drug-likeness (QED) is 0.791. The molecule has 1 fully saturated rings. The topological polar surface area (TPSA) is 84.1 Å². The van der Waals surface area contributed by atoms with Crippen molar-refractivity contribution in [3.63, 3.8) is 0 Å². The molecule has 0 bridgehead atoms. The Hall–Kier alpha value is -1.07. The highest BCUT2D eigenvalue weighted by molar-refractivity contribution is 6.35. The van der Waals surface area contributed by atoms with Crippen molar-refractivity contribution in [3.8, 4) is 0 Å². The zero-order valence-corrected chi connectivity index (χ0v) is 12.0. The van der Waals surface area contributed by atoms with Crippen molar-refractivity contribution in [2.45, 2.75) is 44.6 Å². The fourth-order valence-corrected chi connectivity index (χ4v) is 2.80. The first-order chi connectivity index (χ1) is 9.00. The molecule has 0 aromatic carbocycles. The standard InChI is InChI=1S/C13H21ClN4O/c1-13(19,9-5-3-2-4-6-9)7-16-12-10(14)11(15)17-8-18-12/h8-9,19H,2-7H2,1H3,(H3,15,16,17,18). The minimum Gasteiger partial charge on any atom is -0.388 e. The zero-order chi connectivity index (χ0) is 13.9. The van der Waals surface area contributed by atoms with Crippen LogP contribution >= 0.6 is 11.6 Å². The highest BCUT2D eigenvalue weighted by atomic mass is 35.5. The maximum Gasteiger partial charge on any atom is 0.150 e. The summed E-state index contributed by atoms with van der Waals surface area (Å²) in [5.74, 6) is 1.05. The highest BCUT2D eigenvalue weighted by Crippen LogP contribution is 2.33. The van der Waals surface area contributed by atoms with Gasteiger partial charge in [-0.15, -0.1) is 0 Å². The van der Waals surface area contributed by atoms with Gasteiger partial charge < -0.3 is 16.2 Å². The van der Waals surface area contributed by atoms with E-state index < -0.39 is 5.60 Å². The van der Waals surface area contributed by atoms with Crippen molar-refractivity contribution < 1.29 is 5.11 Å². The molecule has 1 aliphatic carbocycles. The largest absolute Gasteiger partial charge is 0.388 e. The number of hydrogen-bond acceptors (Lipinski definition) is 5. The summed E-state index contributed by atoms with van der Waals surface area (Å²) in [4.78, 5) is 7.85. The lowest BCUT2D eigenvalue weighted by Crippen LogP contribution is -2.42. The monoisotopic (exact) mass is 284 g/mol. The van der Waals surface area contributed by atoms with Gasteiger partial charge >= 0.3 is 0 Å². The van der Waals surface area contributed by atoms with Crippen molar-refractivity contribution in [3.05, 3.63) is 11.3 Å². The molecule has 0 spiro atoms. The van der Waals surface area contributed by atoms with Crippen molar-refractivity contribution >= 4 is 23.2 Å². The summed E-state index contributed by atoms with van der Waals surface area (Å²) in [6.07, 6.45) is 7.18. The normalized spacial score (nSPS) is 19.9. The molecule has 1 atom stereocenters. The van der Waals surface area contributed by atoms with Gasteiger partial charge in [0.25, 0.3) is 0 Å². The second-order valence-corrected chi connectivity index (χ2v) is 5.85. The van der Waals surface area contributed by atoms with Gasteiger partial charge in [0, 0.05) is 6.54 Å². The molecule has 4 N–H and O–H groups in total. The van der Waals surface area contributed by atoms with Crippen LogP contribution < -0.4 is 11.1 Å². The van der Waals surface area contributed by atoms with Crippen LogP contribution in [0.3, 0.4) is 0 Å². The highest BCUT2D eigenvalue weighted by Gasteiger charge is 2.32. The second-order valence-electron chi connectivity index (χ2n) is 5.47. The molecule has 19 heavy (non-hydrogen) atoms. The summed E-state index contributed by atoms with van der Waals surface area (Å²) in [5.41, 5.74) is 4.86. The van der Waals surface area contributed by atoms with Crippen LogP contribution in [0.4, 0.5) is 11.6 Å². The Balaban J connectivity index is 1.98. The maximum absolute atomic E-state index is 10.6. The lowest BCUT2D eigenvalue weighted by Gasteiger charge is -2.35. The summed E-state index contributed by atoms with van der Waals surface area (Å²) in [6.45, 7) is 2.28. The van der Waals surface area contributed by atoms with Gasteiger partial charge in [-0.05, 0) is 25.7 Å². The van der Waals surface area contributed by atoms with E-state index in [4.69, 9.17) is 17.3 Å². The van der Waals surface area contributed by atoms with E-state index in [1.54, 1.807) is 0 Å². The van der Waals surface area contributed by atoms with E-state index in [0.29, 0.717) is 23.3 Å². The number of hydrogen-bond donors (Lipinski definition) is 3. The van der Waals surface area contributed by atoms with Crippen LogP contribution in [0, 0.1) is 5.92 Å². The molecule has 1 aliphatic rings. The van der Waals surface area contributed by atoms with Gasteiger partial charge in [-0.1, -0.05) is 30.9 Å². The van der Waals surface area contributed by atoms with Crippen molar-refractivity contribution in [1.29, 1.82) is 0 Å². The molecule has 6 heteroatoms. The van der Waals surface area contributed by atoms with Gasteiger partial charge in [0.2, 0.25) is 0 Å². The number of nitrogen functional groups attached to an aromatic ring is 1. The summed E-state index contributed by atoms with van der Waals surface area (Å²) in [6, 6.07) is 0. The lowest BCUT2D eigenvalue weighted by atomic mass is 9.78. The second kappa shape index (κ2) is 5.92. The molecule has 0 amide bonds. The van der Waals surface area contributed by atoms with Crippen LogP contribution in [-0.2, 0) is 0 Å². The van der Waals surface area contributed by atoms with Crippen LogP contribution in [0.5, 0.6) is 0 Å². The van der Waals surface area contributed by atoms with Gasteiger partial charge in [-0.2, -0.15) is 0 Å². The minimum atomic E-state index is -0.760. The van der Waals surface area contributed by atoms with E-state index in [0.717, 1.165) is 12.8 Å². The van der Waals surface area contributed by atoms with Crippen LogP contribution in [0.1, 0.15) is 39.0 Å². The number of nitrogens with one attached hydrogen (secondary N) is 1. The lowest BCUT2D eigenvalue weighted by molar-refractivity contribution is -0.00450. The van der Waals surface area contributed by atoms with Crippen molar-refractivity contribution in [2.75, 3.05) is 17.6 Å². The summed E-state index contributed by atoms with van der Waals surface area (Å²) < 4.78 is 0. The van der Waals surface area contributed by atoms with E-state index in [9.17, 15) is 5.11 Å². The SMILES string of the molecule is CC(O)(CNc1ncnc(N)c1Cl)C1CCCCC1. The third kappa shape index (κ3) is 3.48. The van der Waals surface area contributed by atoms with E-state index in [1.165, 1.54) is 25.6 Å². The Kier molecular flexibility index (Phi) is 4.47. The minimum absolute atomic E-state index is 0.247. The van der Waals surface area contributed by atoms with Gasteiger partial charge in [0.05, 0.1) is 5.60 Å². The zero-order valence-electron chi connectivity index (χ0n) is 11.2. The van der Waals surface area contributed by atoms with Crippen LogP contribution in [0.15, 0.2) is 6.33 Å². The van der Waals surface area contributed by atoms with Crippen LogP contribution in [-0.4, -0.2) is 27.2 Å². The Morgan fingerprint density at radius 2 is 2.11 bits per heavy atom. The van der Waals surface area contributed by atoms with Crippen molar-refractivity contribution in [1.82, 2.24) is 9.97 Å². The molecule has 5 nitrogen and oxygen atoms in total. The third-order valence-corrected chi connectivity index (χ3v) is 4.29. The average molecular weight is 285 g/mol. The van der Waals surface area contributed by atoms with Crippen molar-refractivity contribution in [2.24, 2.45) is 5.92 Å². The molecule has 1 aromatic rings. The number of aliphatic hydroxyl groups is 1. The Morgan fingerprint density at radius 1 is 1.42 bits per heavy atom. The first-order valence-corrected chi connectivity index (χ1v) is 7.11. The number of nitrogens with zero attached hydrogens (tertiary/aromatic N) is 2. The smallest absolute Gasteiger partial charge is 0.150 e. The molecule has 2 rings (SSSR count). The van der Waals surface area contributed by atoms with E-state index in [-0.39, 0.29) is 5.82 Å². The fraction of sp³-hybridized carbons (Fsp3) is 0.692. The third-order valence-electron chi connectivity index (χ3n) is 3.91. The van der Waals surface area contributed by atoms with Crippen LogP contribution in [0.25, 0.3) is 0 Å². The predicted molar refractivity (Wildman–Crippen MR) is 77.1 cm³/mol. The molecule has 1 saturated carbocycles. The van der Waals surface area contributed by atoms with Gasteiger partial charge in [0.15, 0.2) is 5.82 Å². The number of anilines is 2. The number of halogens is 1. The van der Waals surface area contributed by atoms with E-state index in [2.05, 4.69) is 15.3 Å². The molecular formula is C13H21ClN4O. The van der Waals surface area contributed by atoms with E-state index in [1.807, 2.05) is 6.92 Å². The molecule has 0 aliphatic heterocycles. The fourth-order valence-electron chi connectivity index (χ4n) is 2.64. The van der Waals surface area contributed by atoms with Gasteiger partial charge in [0.1, 0.15) is 17.2 Å². The molecule has 1 aromatic heterocycles. The summed E-state index contributed by atoms with van der Waals surface area (Å²) in [7, 11) is 0. The maximum atomic E-state index is 10.6. The number of nitrogens with two attached hydrogens (primary N) is 1. The summed E-state index contributed by atoms with van der Waals surface area (Å²) >= 11 is 6.01. The Morgan fingerprint density at radius 3 is 2.79 bits per heavy atom. The predicted octanol–water partition coefficient (Wildman–Crippen LogP) is 2.46. The van der Waals surface area contributed by atoms with Crippen LogP contribution in [0.2, 0.25) is 5.02 Å². The Bertz CT molecular complexity index is 433. The molecular weight excluding hydrogens is 264 g/mol. The van der Waals surface area contributed by atoms with Gasteiger partial charge in [-0.3, -0.25) is 0 Å². The van der Waals surface area contributed by atoms with E-state index >= 15 is 0 Å². The first-order valence-electron chi connectivity index (χ1n) is 6.73. The molecule has 1 unspecified atom stereocenters. The van der Waals surface area contributed by atoms with Gasteiger partial charge in [-0.25, -0.2) is 9.97 Å². The molecule has 0 saturated heterocycles. The number of rotatable bonds is 4. The Labute approximate surface area is 118 Å². The molecule has 106 valence electrons. The summed E-state index contributed by atoms with van der Waals surface area (Å²) in [5, 5.41) is 14.0. The molecule has 1 heterocycles. The first kappa shape index (κ1) is 14.3. The molecule has 0 radical (unpaired) electrons. The average Bonchev–Trinajstić information content (AvgIpc) is 2.41.